The number of carbonyl (C=O) groups is 1. The third-order valence-electron chi connectivity index (χ3n) is 3.16. The number of carboxylic acids is 1. The van der Waals surface area contributed by atoms with Crippen molar-refractivity contribution in [3.05, 3.63) is 36.5 Å². The molecule has 0 rings (SSSR count). The van der Waals surface area contributed by atoms with E-state index in [1.807, 2.05) is 24.3 Å². The molecule has 120 valence electrons. The summed E-state index contributed by atoms with van der Waals surface area (Å²) in [5.41, 5.74) is 0. The Bertz CT molecular complexity index is 335. The molecule has 0 saturated carbocycles. The molecule has 0 heterocycles. The van der Waals surface area contributed by atoms with Crippen molar-refractivity contribution in [2.75, 3.05) is 0 Å². The number of aliphatic hydroxyl groups is 1. The van der Waals surface area contributed by atoms with Gasteiger partial charge in [0.25, 0.3) is 0 Å². The van der Waals surface area contributed by atoms with Crippen molar-refractivity contribution < 1.29 is 44.6 Å². The van der Waals surface area contributed by atoms with E-state index in [1.54, 1.807) is 6.08 Å². The summed E-state index contributed by atoms with van der Waals surface area (Å²) in [4.78, 5) is 10.2. The summed E-state index contributed by atoms with van der Waals surface area (Å²) in [5.74, 6) is -0.978. The first kappa shape index (κ1) is 23.9. The molecular weight excluding hydrogens is 287 g/mol. The van der Waals surface area contributed by atoms with Crippen LogP contribution in [0.2, 0.25) is 0 Å². The monoisotopic (exact) mass is 316 g/mol. The predicted octanol–water partition coefficient (Wildman–Crippen LogP) is 0.301. The van der Waals surface area contributed by atoms with Gasteiger partial charge in [0.1, 0.15) is 0 Å². The van der Waals surface area contributed by atoms with E-state index in [4.69, 9.17) is 0 Å². The summed E-state index contributed by atoms with van der Waals surface area (Å²) in [6, 6.07) is 0. The molecule has 1 unspecified atom stereocenters. The number of aliphatic carboxylic acids is 1. The number of allylic oxidation sites excluding steroid dienone is 5. The Hall–Kier alpha value is -0.350. The Kier molecular flexibility index (Phi) is 20.3. The number of hydrogen-bond acceptors (Lipinski definition) is 3. The van der Waals surface area contributed by atoms with Crippen LogP contribution in [0.25, 0.3) is 0 Å². The van der Waals surface area contributed by atoms with Crippen molar-refractivity contribution in [3.8, 4) is 0 Å². The standard InChI is InChI=1S/C18H30O3.Na/c1-2-3-4-5-6-7-8-11-14-17(19)15-12-9-10-13-16-18(20)21;/h5-8,11,14,17,19H,2-4,9-10,12-13,15-16H2,1H3,(H,20,21);/q;+1/p-1/b6-5+,8-7+,14-11+;. The number of carbonyl (C=O) groups excluding carboxylic acids is 1. The summed E-state index contributed by atoms with van der Waals surface area (Å²) in [7, 11) is 0. The molecule has 0 aromatic rings. The van der Waals surface area contributed by atoms with Crippen LogP contribution in [-0.4, -0.2) is 17.2 Å². The summed E-state index contributed by atoms with van der Waals surface area (Å²) < 4.78 is 0. The van der Waals surface area contributed by atoms with Crippen molar-refractivity contribution in [2.45, 2.75) is 70.8 Å². The zero-order valence-corrected chi connectivity index (χ0v) is 16.2. The van der Waals surface area contributed by atoms with Crippen molar-refractivity contribution in [3.63, 3.8) is 0 Å². The molecule has 3 nitrogen and oxygen atoms in total. The molecule has 0 amide bonds. The number of unbranched alkanes of at least 4 members (excludes halogenated alkanes) is 5. The first-order valence-corrected chi connectivity index (χ1v) is 8.04. The van der Waals surface area contributed by atoms with Crippen LogP contribution in [0, 0.1) is 0 Å². The molecule has 1 N–H and O–H groups in total. The molecule has 0 bridgehead atoms. The number of aliphatic hydroxyl groups excluding tert-OH is 1. The molecule has 4 heteroatoms. The Morgan fingerprint density at radius 2 is 1.73 bits per heavy atom. The zero-order valence-electron chi connectivity index (χ0n) is 14.2. The van der Waals surface area contributed by atoms with Crippen molar-refractivity contribution >= 4 is 5.97 Å². The smallest absolute Gasteiger partial charge is 0.550 e. The van der Waals surface area contributed by atoms with Crippen molar-refractivity contribution in [1.82, 2.24) is 0 Å². The summed E-state index contributed by atoms with van der Waals surface area (Å²) in [5, 5.41) is 19.9. The van der Waals surface area contributed by atoms with Crippen LogP contribution in [-0.2, 0) is 4.79 Å². The van der Waals surface area contributed by atoms with E-state index in [0.717, 1.165) is 32.1 Å². The van der Waals surface area contributed by atoms with Gasteiger partial charge in [-0.3, -0.25) is 0 Å². The molecule has 22 heavy (non-hydrogen) atoms. The fraction of sp³-hybridized carbons (Fsp3) is 0.611. The Labute approximate surface area is 157 Å². The molecule has 0 spiro atoms. The van der Waals surface area contributed by atoms with Gasteiger partial charge in [0.15, 0.2) is 0 Å². The Balaban J connectivity index is 0. The number of rotatable bonds is 13. The topological polar surface area (TPSA) is 60.4 Å². The van der Waals surface area contributed by atoms with Gasteiger partial charge in [-0.2, -0.15) is 0 Å². The van der Waals surface area contributed by atoms with Crippen molar-refractivity contribution in [1.29, 1.82) is 0 Å². The molecule has 0 aliphatic rings. The third-order valence-corrected chi connectivity index (χ3v) is 3.16. The van der Waals surface area contributed by atoms with Gasteiger partial charge >= 0.3 is 29.6 Å². The predicted molar refractivity (Wildman–Crippen MR) is 85.7 cm³/mol. The second-order valence-corrected chi connectivity index (χ2v) is 5.23. The van der Waals surface area contributed by atoms with Crippen molar-refractivity contribution in [2.24, 2.45) is 0 Å². The van der Waals surface area contributed by atoms with E-state index in [1.165, 1.54) is 12.8 Å². The maximum absolute atomic E-state index is 10.2. The summed E-state index contributed by atoms with van der Waals surface area (Å²) in [6.07, 6.45) is 19.1. The molecule has 0 fully saturated rings. The van der Waals surface area contributed by atoms with E-state index in [0.29, 0.717) is 6.42 Å². The first-order valence-electron chi connectivity index (χ1n) is 8.04. The van der Waals surface area contributed by atoms with Crippen LogP contribution in [0.3, 0.4) is 0 Å². The molecule has 0 aromatic carbocycles. The zero-order chi connectivity index (χ0) is 15.8. The molecular formula is C18H29NaO3. The average Bonchev–Trinajstić information content (AvgIpc) is 2.45. The fourth-order valence-electron chi connectivity index (χ4n) is 1.89. The molecule has 0 saturated heterocycles. The minimum atomic E-state index is -0.978. The van der Waals surface area contributed by atoms with Crippen LogP contribution in [0.15, 0.2) is 36.5 Å². The van der Waals surface area contributed by atoms with E-state index in [-0.39, 0.29) is 36.0 Å². The van der Waals surface area contributed by atoms with Gasteiger partial charge in [0.05, 0.1) is 6.10 Å². The quantitative estimate of drug-likeness (QED) is 0.302. The van der Waals surface area contributed by atoms with E-state index in [9.17, 15) is 15.0 Å². The minimum absolute atomic E-state index is 0. The van der Waals surface area contributed by atoms with Crippen LogP contribution >= 0.6 is 0 Å². The average molecular weight is 316 g/mol. The number of hydrogen-bond donors (Lipinski definition) is 1. The Morgan fingerprint density at radius 3 is 2.41 bits per heavy atom. The maximum Gasteiger partial charge on any atom is 1.00 e. The van der Waals surface area contributed by atoms with Gasteiger partial charge in [0, 0.05) is 5.97 Å². The normalized spacial score (nSPS) is 13.0. The first-order chi connectivity index (χ1) is 10.2. The molecule has 0 aliphatic heterocycles. The van der Waals surface area contributed by atoms with Gasteiger partial charge < -0.3 is 15.0 Å². The Morgan fingerprint density at radius 1 is 1.05 bits per heavy atom. The molecule has 0 radical (unpaired) electrons. The maximum atomic E-state index is 10.2. The van der Waals surface area contributed by atoms with Gasteiger partial charge in [-0.25, -0.2) is 0 Å². The van der Waals surface area contributed by atoms with Gasteiger partial charge in [-0.05, 0) is 25.7 Å². The van der Waals surface area contributed by atoms with E-state index >= 15 is 0 Å². The number of carboxylic acid groups (broad SMARTS) is 1. The van der Waals surface area contributed by atoms with Crippen LogP contribution in [0.1, 0.15) is 64.7 Å². The minimum Gasteiger partial charge on any atom is -0.550 e. The third kappa shape index (κ3) is 19.7. The van der Waals surface area contributed by atoms with Crippen LogP contribution < -0.4 is 34.7 Å². The summed E-state index contributed by atoms with van der Waals surface area (Å²) >= 11 is 0. The van der Waals surface area contributed by atoms with E-state index in [2.05, 4.69) is 13.0 Å². The molecule has 1 atom stereocenters. The van der Waals surface area contributed by atoms with E-state index < -0.39 is 12.1 Å². The second kappa shape index (κ2) is 18.7. The second-order valence-electron chi connectivity index (χ2n) is 5.23. The largest absolute Gasteiger partial charge is 1.00 e. The SMILES string of the molecule is CCCC/C=C/C=C/C=C/C(O)CCCCCCC(=O)[O-].[Na+]. The molecule has 0 aromatic heterocycles. The van der Waals surface area contributed by atoms with Crippen LogP contribution in [0.4, 0.5) is 0 Å². The fourth-order valence-corrected chi connectivity index (χ4v) is 1.89. The van der Waals surface area contributed by atoms with Gasteiger partial charge in [-0.1, -0.05) is 75.5 Å². The van der Waals surface area contributed by atoms with Gasteiger partial charge in [0.2, 0.25) is 0 Å². The van der Waals surface area contributed by atoms with Gasteiger partial charge in [-0.15, -0.1) is 0 Å². The summed E-state index contributed by atoms with van der Waals surface area (Å²) in [6.45, 7) is 2.18. The molecule has 0 aliphatic carbocycles. The van der Waals surface area contributed by atoms with Crippen LogP contribution in [0.5, 0.6) is 0 Å².